The number of para-hydroxylation sites is 1. The molecule has 0 bridgehead atoms. The van der Waals surface area contributed by atoms with E-state index >= 15 is 0 Å². The Balaban J connectivity index is 1.97. The average Bonchev–Trinajstić information content (AvgIpc) is 3.14. The highest BCUT2D eigenvalue weighted by molar-refractivity contribution is 7.90. The number of rotatable bonds is 5. The monoisotopic (exact) mass is 421 g/mol. The Morgan fingerprint density at radius 3 is 2.27 bits per heavy atom. The van der Waals surface area contributed by atoms with Crippen molar-refractivity contribution >= 4 is 38.0 Å². The molecule has 8 heteroatoms. The summed E-state index contributed by atoms with van der Waals surface area (Å²) in [6.07, 6.45) is 1.51. The van der Waals surface area contributed by atoms with E-state index in [0.29, 0.717) is 16.6 Å². The number of nitro benzene ring substituents is 1. The normalized spacial score (nSPS) is 11.5. The molecule has 0 saturated carbocycles. The number of aromatic nitrogens is 1. The quantitative estimate of drug-likeness (QED) is 0.339. The van der Waals surface area contributed by atoms with Crippen LogP contribution in [0.5, 0.6) is 0 Å². The number of aryl methyl sites for hydroxylation is 1. The molecule has 152 valence electrons. The van der Waals surface area contributed by atoms with Crippen molar-refractivity contribution in [1.29, 1.82) is 0 Å². The third kappa shape index (κ3) is 3.31. The van der Waals surface area contributed by atoms with E-state index in [1.807, 2.05) is 42.2 Å². The molecule has 3 aromatic carbocycles. The highest BCUT2D eigenvalue weighted by Gasteiger charge is 2.24. The first kappa shape index (κ1) is 19.7. The van der Waals surface area contributed by atoms with Crippen molar-refractivity contribution < 1.29 is 13.3 Å². The lowest BCUT2D eigenvalue weighted by Gasteiger charge is -2.18. The van der Waals surface area contributed by atoms with Crippen molar-refractivity contribution in [1.82, 2.24) is 3.97 Å². The fourth-order valence-corrected chi connectivity index (χ4v) is 4.73. The molecular weight excluding hydrogens is 402 g/mol. The van der Waals surface area contributed by atoms with E-state index in [-0.39, 0.29) is 10.6 Å². The molecule has 0 N–H and O–H groups in total. The molecule has 4 aromatic rings. The van der Waals surface area contributed by atoms with Crippen molar-refractivity contribution in [3.63, 3.8) is 0 Å². The van der Waals surface area contributed by atoms with Crippen molar-refractivity contribution in [2.75, 3.05) is 11.9 Å². The lowest BCUT2D eigenvalue weighted by atomic mass is 10.2. The van der Waals surface area contributed by atoms with Crippen molar-refractivity contribution in [3.8, 4) is 0 Å². The van der Waals surface area contributed by atoms with Crippen LogP contribution in [0.3, 0.4) is 0 Å². The van der Waals surface area contributed by atoms with Crippen LogP contribution in [0.25, 0.3) is 10.9 Å². The Morgan fingerprint density at radius 2 is 1.63 bits per heavy atom. The van der Waals surface area contributed by atoms with E-state index in [0.717, 1.165) is 11.3 Å². The molecule has 0 radical (unpaired) electrons. The summed E-state index contributed by atoms with van der Waals surface area (Å²) in [7, 11) is -2.09. The first-order valence-corrected chi connectivity index (χ1v) is 10.6. The molecule has 4 rings (SSSR count). The van der Waals surface area contributed by atoms with E-state index in [9.17, 15) is 18.5 Å². The molecule has 0 atom stereocenters. The summed E-state index contributed by atoms with van der Waals surface area (Å²) >= 11 is 0. The standard InChI is InChI=1S/C22H19N3O4S/c1-16-8-11-19(12-9-16)30(28,29)24-15-22(23(2)17-6-4-3-5-7-17)20-14-18(25(26)27)10-13-21(20)24/h3-15H,1-2H3. The van der Waals surface area contributed by atoms with Gasteiger partial charge < -0.3 is 4.90 Å². The number of non-ortho nitro benzene ring substituents is 1. The number of nitro groups is 1. The second-order valence-electron chi connectivity index (χ2n) is 6.98. The minimum absolute atomic E-state index is 0.101. The van der Waals surface area contributed by atoms with E-state index in [4.69, 9.17) is 0 Å². The second kappa shape index (κ2) is 7.31. The summed E-state index contributed by atoms with van der Waals surface area (Å²) in [5.74, 6) is 0. The smallest absolute Gasteiger partial charge is 0.270 e. The molecular formula is C22H19N3O4S. The fraction of sp³-hybridized carbons (Fsp3) is 0.0909. The Hall–Kier alpha value is -3.65. The summed E-state index contributed by atoms with van der Waals surface area (Å²) in [4.78, 5) is 12.8. The first-order valence-electron chi connectivity index (χ1n) is 9.19. The Bertz CT molecular complexity index is 1340. The van der Waals surface area contributed by atoms with Gasteiger partial charge in [0.25, 0.3) is 15.7 Å². The summed E-state index contributed by atoms with van der Waals surface area (Å²) in [6, 6.07) is 20.2. The number of fused-ring (bicyclic) bond motifs is 1. The second-order valence-corrected chi connectivity index (χ2v) is 8.80. The summed E-state index contributed by atoms with van der Waals surface area (Å²) in [5, 5.41) is 11.8. The molecule has 7 nitrogen and oxygen atoms in total. The molecule has 0 aliphatic carbocycles. The van der Waals surface area contributed by atoms with E-state index in [1.54, 1.807) is 31.3 Å². The van der Waals surface area contributed by atoms with Gasteiger partial charge in [-0.1, -0.05) is 35.9 Å². The number of nitrogens with zero attached hydrogens (tertiary/aromatic N) is 3. The molecule has 0 aliphatic heterocycles. The zero-order chi connectivity index (χ0) is 21.5. The van der Waals surface area contributed by atoms with Crippen molar-refractivity contribution in [2.45, 2.75) is 11.8 Å². The highest BCUT2D eigenvalue weighted by atomic mass is 32.2. The molecule has 30 heavy (non-hydrogen) atoms. The largest absolute Gasteiger partial charge is 0.343 e. The SMILES string of the molecule is Cc1ccc(S(=O)(=O)n2cc(N(C)c3ccccc3)c3cc([N+](=O)[O-])ccc32)cc1. The van der Waals surface area contributed by atoms with Gasteiger partial charge in [-0.2, -0.15) is 0 Å². The Morgan fingerprint density at radius 1 is 0.967 bits per heavy atom. The predicted molar refractivity (Wildman–Crippen MR) is 117 cm³/mol. The Kier molecular flexibility index (Phi) is 4.79. The van der Waals surface area contributed by atoms with Gasteiger partial charge in [0.15, 0.2) is 0 Å². The van der Waals surface area contributed by atoms with Crippen LogP contribution >= 0.6 is 0 Å². The van der Waals surface area contributed by atoms with E-state index in [1.165, 1.54) is 28.4 Å². The lowest BCUT2D eigenvalue weighted by molar-refractivity contribution is -0.384. The van der Waals surface area contributed by atoms with E-state index < -0.39 is 14.9 Å². The third-order valence-corrected chi connectivity index (χ3v) is 6.71. The molecule has 0 spiro atoms. The van der Waals surface area contributed by atoms with Crippen LogP contribution < -0.4 is 4.90 Å². The lowest BCUT2D eigenvalue weighted by Crippen LogP contribution is -2.12. The minimum Gasteiger partial charge on any atom is -0.343 e. The molecule has 0 fully saturated rings. The predicted octanol–water partition coefficient (Wildman–Crippen LogP) is 4.86. The van der Waals surface area contributed by atoms with Crippen molar-refractivity contribution in [2.24, 2.45) is 0 Å². The fourth-order valence-electron chi connectivity index (χ4n) is 3.37. The van der Waals surface area contributed by atoms with Gasteiger partial charge in [0.05, 0.1) is 21.0 Å². The summed E-state index contributed by atoms with van der Waals surface area (Å²) < 4.78 is 27.9. The zero-order valence-corrected chi connectivity index (χ0v) is 17.2. The molecule has 1 aromatic heterocycles. The minimum atomic E-state index is -3.89. The number of hydrogen-bond donors (Lipinski definition) is 0. The number of benzene rings is 3. The van der Waals surface area contributed by atoms with Gasteiger partial charge in [-0.15, -0.1) is 0 Å². The third-order valence-electron chi connectivity index (χ3n) is 5.03. The molecule has 1 heterocycles. The Labute approximate surface area is 174 Å². The van der Waals surface area contributed by atoms with Crippen LogP contribution in [0.1, 0.15) is 5.56 Å². The van der Waals surface area contributed by atoms with Crippen molar-refractivity contribution in [3.05, 3.63) is 94.7 Å². The van der Waals surface area contributed by atoms with Gasteiger partial charge in [-0.25, -0.2) is 12.4 Å². The van der Waals surface area contributed by atoms with Gasteiger partial charge in [0.1, 0.15) is 0 Å². The summed E-state index contributed by atoms with van der Waals surface area (Å²) in [5.41, 5.74) is 2.60. The summed E-state index contributed by atoms with van der Waals surface area (Å²) in [6.45, 7) is 1.88. The number of anilines is 2. The molecule has 0 saturated heterocycles. The van der Waals surface area contributed by atoms with Crippen LogP contribution in [0, 0.1) is 17.0 Å². The maximum atomic E-state index is 13.4. The maximum absolute atomic E-state index is 13.4. The topological polar surface area (TPSA) is 85.5 Å². The number of hydrogen-bond acceptors (Lipinski definition) is 5. The first-order chi connectivity index (χ1) is 14.3. The van der Waals surface area contributed by atoms with Gasteiger partial charge >= 0.3 is 0 Å². The van der Waals surface area contributed by atoms with Gasteiger partial charge in [-0.3, -0.25) is 10.1 Å². The van der Waals surface area contributed by atoms with Crippen LogP contribution in [0.4, 0.5) is 17.1 Å². The highest BCUT2D eigenvalue weighted by Crippen LogP contribution is 2.36. The maximum Gasteiger partial charge on any atom is 0.270 e. The van der Waals surface area contributed by atoms with Gasteiger partial charge in [0, 0.05) is 36.5 Å². The zero-order valence-electron chi connectivity index (χ0n) is 16.4. The van der Waals surface area contributed by atoms with Crippen LogP contribution in [0.2, 0.25) is 0 Å². The molecule has 0 aliphatic rings. The molecule has 0 amide bonds. The molecule has 0 unspecified atom stereocenters. The van der Waals surface area contributed by atoms with Crippen LogP contribution in [-0.4, -0.2) is 24.4 Å². The van der Waals surface area contributed by atoms with Gasteiger partial charge in [0.2, 0.25) is 0 Å². The van der Waals surface area contributed by atoms with Crippen LogP contribution in [-0.2, 0) is 10.0 Å². The van der Waals surface area contributed by atoms with E-state index in [2.05, 4.69) is 0 Å². The van der Waals surface area contributed by atoms with Crippen LogP contribution in [0.15, 0.2) is 83.9 Å². The van der Waals surface area contributed by atoms with Gasteiger partial charge in [-0.05, 0) is 37.3 Å². The average molecular weight is 421 g/mol.